The van der Waals surface area contributed by atoms with Crippen LogP contribution in [0.2, 0.25) is 0 Å². The molecule has 0 amide bonds. The van der Waals surface area contributed by atoms with E-state index < -0.39 is 0 Å². The van der Waals surface area contributed by atoms with Crippen LogP contribution in [-0.4, -0.2) is 44.2 Å². The molecule has 0 saturated carbocycles. The lowest BCUT2D eigenvalue weighted by Gasteiger charge is -2.28. The summed E-state index contributed by atoms with van der Waals surface area (Å²) in [7, 11) is 4.15. The zero-order chi connectivity index (χ0) is 9.61. The first kappa shape index (κ1) is 11.9. The van der Waals surface area contributed by atoms with Crippen molar-refractivity contribution in [1.29, 1.82) is 0 Å². The van der Waals surface area contributed by atoms with Crippen molar-refractivity contribution in [3.05, 3.63) is 0 Å². The number of nitrogens with zero attached hydrogens (tertiary/aromatic N) is 1. The summed E-state index contributed by atoms with van der Waals surface area (Å²) in [5, 5.41) is 3.46. The molecule has 0 aliphatic rings. The van der Waals surface area contributed by atoms with Crippen LogP contribution >= 0.6 is 0 Å². The molecule has 0 rings (SSSR count). The normalized spacial score (nSPS) is 16.5. The number of hydrogen-bond acceptors (Lipinski definition) is 3. The quantitative estimate of drug-likeness (QED) is 0.605. The van der Waals surface area contributed by atoms with E-state index in [-0.39, 0.29) is 5.54 Å². The highest BCUT2D eigenvalue weighted by molar-refractivity contribution is 4.82. The molecule has 0 aliphatic carbocycles. The summed E-state index contributed by atoms with van der Waals surface area (Å²) in [5.74, 6) is 0. The lowest BCUT2D eigenvalue weighted by atomic mass is 9.99. The third-order valence-electron chi connectivity index (χ3n) is 2.34. The SMILES string of the molecule is CCC(C)(CN)NCCN(C)C. The Morgan fingerprint density at radius 2 is 2.00 bits per heavy atom. The van der Waals surface area contributed by atoms with E-state index >= 15 is 0 Å². The summed E-state index contributed by atoms with van der Waals surface area (Å²) < 4.78 is 0. The fourth-order valence-electron chi connectivity index (χ4n) is 0.923. The molecule has 1 atom stereocenters. The molecule has 74 valence electrons. The number of likely N-dealkylation sites (N-methyl/N-ethyl adjacent to an activating group) is 1. The number of hydrogen-bond donors (Lipinski definition) is 2. The molecule has 0 saturated heterocycles. The van der Waals surface area contributed by atoms with Crippen LogP contribution in [-0.2, 0) is 0 Å². The van der Waals surface area contributed by atoms with E-state index in [0.29, 0.717) is 6.54 Å². The third kappa shape index (κ3) is 4.70. The van der Waals surface area contributed by atoms with Gasteiger partial charge in [-0.3, -0.25) is 0 Å². The van der Waals surface area contributed by atoms with Gasteiger partial charge in [0.25, 0.3) is 0 Å². The van der Waals surface area contributed by atoms with Crippen LogP contribution in [0.15, 0.2) is 0 Å². The average molecular weight is 173 g/mol. The van der Waals surface area contributed by atoms with Gasteiger partial charge in [0.15, 0.2) is 0 Å². The smallest absolute Gasteiger partial charge is 0.0273 e. The monoisotopic (exact) mass is 173 g/mol. The largest absolute Gasteiger partial charge is 0.329 e. The maximum Gasteiger partial charge on any atom is 0.0273 e. The van der Waals surface area contributed by atoms with Crippen LogP contribution in [0.4, 0.5) is 0 Å². The van der Waals surface area contributed by atoms with Gasteiger partial charge in [-0.15, -0.1) is 0 Å². The molecule has 0 bridgehead atoms. The van der Waals surface area contributed by atoms with Crippen molar-refractivity contribution >= 4 is 0 Å². The van der Waals surface area contributed by atoms with Gasteiger partial charge in [0.1, 0.15) is 0 Å². The van der Waals surface area contributed by atoms with Gasteiger partial charge in [-0.25, -0.2) is 0 Å². The van der Waals surface area contributed by atoms with E-state index in [2.05, 4.69) is 38.2 Å². The van der Waals surface area contributed by atoms with E-state index in [9.17, 15) is 0 Å². The van der Waals surface area contributed by atoms with Crippen molar-refractivity contribution in [2.24, 2.45) is 5.73 Å². The molecule has 0 aromatic rings. The Balaban J connectivity index is 3.58. The highest BCUT2D eigenvalue weighted by Gasteiger charge is 2.17. The van der Waals surface area contributed by atoms with E-state index in [1.807, 2.05) is 0 Å². The fourth-order valence-corrected chi connectivity index (χ4v) is 0.923. The number of nitrogens with one attached hydrogen (secondary N) is 1. The summed E-state index contributed by atoms with van der Waals surface area (Å²) >= 11 is 0. The van der Waals surface area contributed by atoms with Crippen molar-refractivity contribution in [3.8, 4) is 0 Å². The molecule has 0 fully saturated rings. The lowest BCUT2D eigenvalue weighted by molar-refractivity contribution is 0.318. The summed E-state index contributed by atoms with van der Waals surface area (Å²) in [6.45, 7) is 7.11. The second-order valence-corrected chi connectivity index (χ2v) is 3.85. The van der Waals surface area contributed by atoms with E-state index in [1.165, 1.54) is 0 Å². The topological polar surface area (TPSA) is 41.3 Å². The van der Waals surface area contributed by atoms with Gasteiger partial charge in [-0.2, -0.15) is 0 Å². The molecule has 12 heavy (non-hydrogen) atoms. The lowest BCUT2D eigenvalue weighted by Crippen LogP contribution is -2.49. The Morgan fingerprint density at radius 3 is 2.33 bits per heavy atom. The Labute approximate surface area is 76.3 Å². The molecule has 0 aromatic heterocycles. The first-order valence-electron chi connectivity index (χ1n) is 4.64. The van der Waals surface area contributed by atoms with Crippen LogP contribution in [0.5, 0.6) is 0 Å². The maximum atomic E-state index is 5.66. The minimum atomic E-state index is 0.121. The predicted molar refractivity (Wildman–Crippen MR) is 54.3 cm³/mol. The predicted octanol–water partition coefficient (Wildman–Crippen LogP) is 0.265. The van der Waals surface area contributed by atoms with Crippen LogP contribution in [0, 0.1) is 0 Å². The molecular weight excluding hydrogens is 150 g/mol. The van der Waals surface area contributed by atoms with Crippen LogP contribution in [0.1, 0.15) is 20.3 Å². The van der Waals surface area contributed by atoms with Crippen molar-refractivity contribution in [3.63, 3.8) is 0 Å². The zero-order valence-corrected chi connectivity index (χ0v) is 8.85. The highest BCUT2D eigenvalue weighted by atomic mass is 15.1. The fraction of sp³-hybridized carbons (Fsp3) is 1.00. The Bertz CT molecular complexity index is 108. The summed E-state index contributed by atoms with van der Waals surface area (Å²) in [6.07, 6.45) is 1.08. The third-order valence-corrected chi connectivity index (χ3v) is 2.34. The van der Waals surface area contributed by atoms with Crippen molar-refractivity contribution in [1.82, 2.24) is 10.2 Å². The van der Waals surface area contributed by atoms with Gasteiger partial charge in [-0.1, -0.05) is 6.92 Å². The second kappa shape index (κ2) is 5.51. The molecule has 3 heteroatoms. The second-order valence-electron chi connectivity index (χ2n) is 3.85. The first-order chi connectivity index (χ1) is 5.54. The maximum absolute atomic E-state index is 5.66. The minimum Gasteiger partial charge on any atom is -0.329 e. The highest BCUT2D eigenvalue weighted by Crippen LogP contribution is 2.05. The van der Waals surface area contributed by atoms with Crippen LogP contribution in [0.3, 0.4) is 0 Å². The number of rotatable bonds is 6. The van der Waals surface area contributed by atoms with Gasteiger partial charge in [0, 0.05) is 25.2 Å². The van der Waals surface area contributed by atoms with Crippen molar-refractivity contribution in [2.75, 3.05) is 33.7 Å². The average Bonchev–Trinajstić information content (AvgIpc) is 2.03. The van der Waals surface area contributed by atoms with Crippen molar-refractivity contribution in [2.45, 2.75) is 25.8 Å². The molecule has 0 heterocycles. The summed E-state index contributed by atoms with van der Waals surface area (Å²) in [5.41, 5.74) is 5.78. The molecule has 1 unspecified atom stereocenters. The van der Waals surface area contributed by atoms with Crippen molar-refractivity contribution < 1.29 is 0 Å². The van der Waals surface area contributed by atoms with Gasteiger partial charge >= 0.3 is 0 Å². The van der Waals surface area contributed by atoms with Crippen LogP contribution in [0.25, 0.3) is 0 Å². The molecule has 3 nitrogen and oxygen atoms in total. The van der Waals surface area contributed by atoms with Gasteiger partial charge in [-0.05, 0) is 27.4 Å². The minimum absolute atomic E-state index is 0.121. The van der Waals surface area contributed by atoms with Gasteiger partial charge in [0.05, 0.1) is 0 Å². The van der Waals surface area contributed by atoms with E-state index in [0.717, 1.165) is 19.5 Å². The van der Waals surface area contributed by atoms with Gasteiger partial charge in [0.2, 0.25) is 0 Å². The summed E-state index contributed by atoms with van der Waals surface area (Å²) in [4.78, 5) is 2.17. The number of nitrogens with two attached hydrogens (primary N) is 1. The Hall–Kier alpha value is -0.120. The first-order valence-corrected chi connectivity index (χ1v) is 4.64. The van der Waals surface area contributed by atoms with Crippen LogP contribution < -0.4 is 11.1 Å². The molecule has 0 spiro atoms. The molecular formula is C9H23N3. The molecule has 0 aromatic carbocycles. The standard InChI is InChI=1S/C9H23N3/c1-5-9(2,8-10)11-6-7-12(3)4/h11H,5-8,10H2,1-4H3. The Kier molecular flexibility index (Phi) is 5.46. The molecule has 3 N–H and O–H groups in total. The summed E-state index contributed by atoms with van der Waals surface area (Å²) in [6, 6.07) is 0. The molecule has 0 radical (unpaired) electrons. The zero-order valence-electron chi connectivity index (χ0n) is 8.85. The molecule has 0 aliphatic heterocycles. The van der Waals surface area contributed by atoms with E-state index in [4.69, 9.17) is 5.73 Å². The van der Waals surface area contributed by atoms with E-state index in [1.54, 1.807) is 0 Å². The van der Waals surface area contributed by atoms with Gasteiger partial charge < -0.3 is 16.0 Å². The Morgan fingerprint density at radius 1 is 1.42 bits per heavy atom.